The van der Waals surface area contributed by atoms with Crippen LogP contribution in [0.3, 0.4) is 0 Å². The van der Waals surface area contributed by atoms with E-state index in [1.165, 1.54) is 24.3 Å². The number of halogens is 1. The maximum Gasteiger partial charge on any atom is 0.224 e. The molecule has 2 N–H and O–H groups in total. The molecule has 0 aromatic heterocycles. The van der Waals surface area contributed by atoms with Gasteiger partial charge in [0.1, 0.15) is 11.6 Å². The number of rotatable bonds is 5. The van der Waals surface area contributed by atoms with Crippen molar-refractivity contribution in [2.24, 2.45) is 0 Å². The molecule has 1 atom stereocenters. The topological polar surface area (TPSA) is 67.4 Å². The number of benzene rings is 2. The van der Waals surface area contributed by atoms with Crippen LogP contribution in [0.15, 0.2) is 48.5 Å². The molecule has 1 unspecified atom stereocenters. The van der Waals surface area contributed by atoms with Crippen molar-refractivity contribution in [3.05, 3.63) is 59.9 Å². The smallest absolute Gasteiger partial charge is 0.224 e. The third-order valence-electron chi connectivity index (χ3n) is 4.00. The van der Waals surface area contributed by atoms with Crippen LogP contribution in [-0.4, -0.2) is 18.4 Å². The molecule has 130 valence electrons. The lowest BCUT2D eigenvalue weighted by molar-refractivity contribution is -0.125. The molecule has 2 aromatic carbocycles. The number of carbonyl (C=O) groups is 2. The van der Waals surface area contributed by atoms with Gasteiger partial charge in [-0.15, -0.1) is 0 Å². The fourth-order valence-corrected chi connectivity index (χ4v) is 2.74. The molecule has 0 fully saturated rings. The Morgan fingerprint density at radius 3 is 2.56 bits per heavy atom. The molecular formula is C19H19FN2O3. The maximum atomic E-state index is 12.8. The van der Waals surface area contributed by atoms with Crippen molar-refractivity contribution in [1.29, 1.82) is 0 Å². The van der Waals surface area contributed by atoms with Crippen molar-refractivity contribution >= 4 is 17.5 Å². The van der Waals surface area contributed by atoms with E-state index in [2.05, 4.69) is 10.6 Å². The van der Waals surface area contributed by atoms with Crippen molar-refractivity contribution in [3.63, 3.8) is 0 Å². The standard InChI is InChI=1S/C19H19FN2O3/c20-13-5-7-14(8-6-13)21-18(23)9-10-19(24)22-16-11-12-25-17-4-2-1-3-15(16)17/h1-8,16H,9-12H2,(H,21,23)(H,22,24). The van der Waals surface area contributed by atoms with Gasteiger partial charge in [0, 0.05) is 30.5 Å². The summed E-state index contributed by atoms with van der Waals surface area (Å²) in [4.78, 5) is 24.0. The number of nitrogens with one attached hydrogen (secondary N) is 2. The van der Waals surface area contributed by atoms with Gasteiger partial charge in [-0.05, 0) is 30.3 Å². The van der Waals surface area contributed by atoms with Gasteiger partial charge >= 0.3 is 0 Å². The third kappa shape index (κ3) is 4.56. The number of para-hydroxylation sites is 1. The van der Waals surface area contributed by atoms with E-state index in [1.807, 2.05) is 24.3 Å². The molecule has 2 aromatic rings. The summed E-state index contributed by atoms with van der Waals surface area (Å²) < 4.78 is 18.4. The van der Waals surface area contributed by atoms with E-state index in [-0.39, 0.29) is 36.5 Å². The molecule has 0 radical (unpaired) electrons. The fraction of sp³-hybridized carbons (Fsp3) is 0.263. The van der Waals surface area contributed by atoms with Gasteiger partial charge in [0.2, 0.25) is 11.8 Å². The second kappa shape index (κ2) is 7.79. The van der Waals surface area contributed by atoms with Crippen LogP contribution >= 0.6 is 0 Å². The van der Waals surface area contributed by atoms with Crippen LogP contribution in [-0.2, 0) is 9.59 Å². The predicted octanol–water partition coefficient (Wildman–Crippen LogP) is 3.18. The summed E-state index contributed by atoms with van der Waals surface area (Å²) in [5.74, 6) is -0.0488. The van der Waals surface area contributed by atoms with Crippen LogP contribution in [0, 0.1) is 5.82 Å². The average Bonchev–Trinajstić information content (AvgIpc) is 2.62. The molecule has 0 spiro atoms. The Hall–Kier alpha value is -2.89. The Bertz CT molecular complexity index is 762. The number of ether oxygens (including phenoxy) is 1. The summed E-state index contributed by atoms with van der Waals surface area (Å²) in [6.45, 7) is 0.549. The molecule has 0 bridgehead atoms. The van der Waals surface area contributed by atoms with Gasteiger partial charge in [0.05, 0.1) is 12.6 Å². The lowest BCUT2D eigenvalue weighted by Crippen LogP contribution is -2.32. The monoisotopic (exact) mass is 342 g/mol. The van der Waals surface area contributed by atoms with E-state index in [4.69, 9.17) is 4.74 Å². The molecule has 1 aliphatic heterocycles. The quantitative estimate of drug-likeness (QED) is 0.877. The Morgan fingerprint density at radius 2 is 1.76 bits per heavy atom. The van der Waals surface area contributed by atoms with Crippen molar-refractivity contribution < 1.29 is 18.7 Å². The molecule has 25 heavy (non-hydrogen) atoms. The Balaban J connectivity index is 1.48. The minimum atomic E-state index is -0.367. The van der Waals surface area contributed by atoms with Gasteiger partial charge in [-0.1, -0.05) is 18.2 Å². The van der Waals surface area contributed by atoms with E-state index in [0.29, 0.717) is 18.7 Å². The number of hydrogen-bond donors (Lipinski definition) is 2. The highest BCUT2D eigenvalue weighted by Gasteiger charge is 2.22. The van der Waals surface area contributed by atoms with E-state index < -0.39 is 0 Å². The highest BCUT2D eigenvalue weighted by molar-refractivity contribution is 5.93. The van der Waals surface area contributed by atoms with Crippen LogP contribution < -0.4 is 15.4 Å². The van der Waals surface area contributed by atoms with E-state index >= 15 is 0 Å². The first-order valence-electron chi connectivity index (χ1n) is 8.18. The number of carbonyl (C=O) groups excluding carboxylic acids is 2. The molecule has 1 aliphatic rings. The van der Waals surface area contributed by atoms with Gasteiger partial charge in [0.25, 0.3) is 0 Å². The van der Waals surface area contributed by atoms with Crippen LogP contribution in [0.4, 0.5) is 10.1 Å². The molecule has 0 saturated carbocycles. The molecular weight excluding hydrogens is 323 g/mol. The first kappa shape index (κ1) is 17.0. The number of anilines is 1. The third-order valence-corrected chi connectivity index (χ3v) is 4.00. The van der Waals surface area contributed by atoms with Crippen LogP contribution in [0.5, 0.6) is 5.75 Å². The molecule has 1 heterocycles. The van der Waals surface area contributed by atoms with Crippen molar-refractivity contribution in [3.8, 4) is 5.75 Å². The number of fused-ring (bicyclic) bond motifs is 1. The minimum Gasteiger partial charge on any atom is -0.493 e. The predicted molar refractivity (Wildman–Crippen MR) is 91.7 cm³/mol. The number of hydrogen-bond acceptors (Lipinski definition) is 3. The van der Waals surface area contributed by atoms with Crippen LogP contribution in [0.25, 0.3) is 0 Å². The zero-order valence-corrected chi connectivity index (χ0v) is 13.6. The SMILES string of the molecule is O=C(CCC(=O)NC1CCOc2ccccc21)Nc1ccc(F)cc1. The summed E-state index contributed by atoms with van der Waals surface area (Å²) in [6, 6.07) is 13.0. The maximum absolute atomic E-state index is 12.8. The summed E-state index contributed by atoms with van der Waals surface area (Å²) in [5, 5.41) is 5.59. The zero-order valence-electron chi connectivity index (χ0n) is 13.6. The van der Waals surface area contributed by atoms with E-state index in [1.54, 1.807) is 0 Å². The average molecular weight is 342 g/mol. The lowest BCUT2D eigenvalue weighted by atomic mass is 10.0. The van der Waals surface area contributed by atoms with Gasteiger partial charge < -0.3 is 15.4 Å². The molecule has 6 heteroatoms. The number of amides is 2. The molecule has 0 aliphatic carbocycles. The van der Waals surface area contributed by atoms with Crippen molar-refractivity contribution in [2.45, 2.75) is 25.3 Å². The largest absolute Gasteiger partial charge is 0.493 e. The van der Waals surface area contributed by atoms with Gasteiger partial charge in [0.15, 0.2) is 0 Å². The molecule has 2 amide bonds. The first-order chi connectivity index (χ1) is 12.1. The molecule has 0 saturated heterocycles. The van der Waals surface area contributed by atoms with Gasteiger partial charge in [-0.3, -0.25) is 9.59 Å². The van der Waals surface area contributed by atoms with Gasteiger partial charge in [-0.2, -0.15) is 0 Å². The normalized spacial score (nSPS) is 15.6. The minimum absolute atomic E-state index is 0.0636. The van der Waals surface area contributed by atoms with Crippen LogP contribution in [0.1, 0.15) is 30.9 Å². The zero-order chi connectivity index (χ0) is 17.6. The highest BCUT2D eigenvalue weighted by atomic mass is 19.1. The second-order valence-electron chi connectivity index (χ2n) is 5.85. The Labute approximate surface area is 145 Å². The van der Waals surface area contributed by atoms with E-state index in [9.17, 15) is 14.0 Å². The van der Waals surface area contributed by atoms with Crippen LogP contribution in [0.2, 0.25) is 0 Å². The van der Waals surface area contributed by atoms with Crippen molar-refractivity contribution in [1.82, 2.24) is 5.32 Å². The van der Waals surface area contributed by atoms with Gasteiger partial charge in [-0.25, -0.2) is 4.39 Å². The Kier molecular flexibility index (Phi) is 5.28. The summed E-state index contributed by atoms with van der Waals surface area (Å²) in [5.41, 5.74) is 1.46. The lowest BCUT2D eigenvalue weighted by Gasteiger charge is -2.26. The van der Waals surface area contributed by atoms with Crippen molar-refractivity contribution in [2.75, 3.05) is 11.9 Å². The second-order valence-corrected chi connectivity index (χ2v) is 5.85. The molecule has 3 rings (SSSR count). The summed E-state index contributed by atoms with van der Waals surface area (Å²) in [6.07, 6.45) is 0.852. The highest BCUT2D eigenvalue weighted by Crippen LogP contribution is 2.31. The summed E-state index contributed by atoms with van der Waals surface area (Å²) >= 11 is 0. The fourth-order valence-electron chi connectivity index (χ4n) is 2.74. The first-order valence-corrected chi connectivity index (χ1v) is 8.18. The Morgan fingerprint density at radius 1 is 1.04 bits per heavy atom. The summed E-state index contributed by atoms with van der Waals surface area (Å²) in [7, 11) is 0. The van der Waals surface area contributed by atoms with E-state index in [0.717, 1.165) is 11.3 Å². The molecule has 5 nitrogen and oxygen atoms in total.